The van der Waals surface area contributed by atoms with Crippen molar-refractivity contribution in [3.05, 3.63) is 11.9 Å². The van der Waals surface area contributed by atoms with Crippen molar-refractivity contribution < 1.29 is 4.79 Å². The van der Waals surface area contributed by atoms with E-state index in [1.54, 1.807) is 6.20 Å². The van der Waals surface area contributed by atoms with Gasteiger partial charge in [-0.3, -0.25) is 4.79 Å². The standard InChI is InChI=1S/C10H14N4OS.ClH/c15-10(9-5-11-16-13-9)14-4-3-7-1-2-8(6-14)12-7;/h5,7-8,12H,1-4,6H2;1H. The summed E-state index contributed by atoms with van der Waals surface area (Å²) in [5, 5.41) is 3.56. The quantitative estimate of drug-likeness (QED) is 0.828. The Morgan fingerprint density at radius 2 is 2.24 bits per heavy atom. The molecule has 94 valence electrons. The molecule has 1 N–H and O–H groups in total. The van der Waals surface area contributed by atoms with Crippen molar-refractivity contribution in [1.82, 2.24) is 19.0 Å². The van der Waals surface area contributed by atoms with Crippen LogP contribution in [0, 0.1) is 0 Å². The Hall–Kier alpha value is -0.720. The van der Waals surface area contributed by atoms with Crippen LogP contribution in [0.4, 0.5) is 0 Å². The maximum atomic E-state index is 12.1. The molecule has 0 aromatic carbocycles. The second-order valence-corrected chi connectivity index (χ2v) is 5.03. The number of hydrogen-bond donors (Lipinski definition) is 1. The highest BCUT2D eigenvalue weighted by atomic mass is 35.5. The van der Waals surface area contributed by atoms with Gasteiger partial charge in [-0.2, -0.15) is 8.75 Å². The number of halogens is 1. The van der Waals surface area contributed by atoms with Crippen molar-refractivity contribution in [3.8, 4) is 0 Å². The van der Waals surface area contributed by atoms with Crippen LogP contribution in [0.25, 0.3) is 0 Å². The van der Waals surface area contributed by atoms with E-state index in [1.807, 2.05) is 4.90 Å². The fraction of sp³-hybridized carbons (Fsp3) is 0.700. The zero-order chi connectivity index (χ0) is 11.0. The van der Waals surface area contributed by atoms with Gasteiger partial charge in [0.15, 0.2) is 5.69 Å². The van der Waals surface area contributed by atoms with Crippen LogP contribution in [-0.2, 0) is 0 Å². The SMILES string of the molecule is Cl.O=C(c1cnsn1)N1CCC2CCC(C1)N2. The van der Waals surface area contributed by atoms with E-state index in [2.05, 4.69) is 14.1 Å². The minimum absolute atomic E-state index is 0. The molecule has 2 aliphatic heterocycles. The van der Waals surface area contributed by atoms with Crippen molar-refractivity contribution in [2.24, 2.45) is 0 Å². The van der Waals surface area contributed by atoms with Crippen LogP contribution in [0.3, 0.4) is 0 Å². The number of carbonyl (C=O) groups excluding carboxylic acids is 1. The Morgan fingerprint density at radius 1 is 1.41 bits per heavy atom. The molecular formula is C10H15ClN4OS. The number of aromatic nitrogens is 2. The lowest BCUT2D eigenvalue weighted by molar-refractivity contribution is 0.0743. The van der Waals surface area contributed by atoms with Gasteiger partial charge < -0.3 is 10.2 Å². The molecular weight excluding hydrogens is 260 g/mol. The summed E-state index contributed by atoms with van der Waals surface area (Å²) >= 11 is 1.09. The van der Waals surface area contributed by atoms with Gasteiger partial charge in [-0.05, 0) is 19.3 Å². The summed E-state index contributed by atoms with van der Waals surface area (Å²) in [7, 11) is 0. The predicted molar refractivity (Wildman–Crippen MR) is 67.6 cm³/mol. The summed E-state index contributed by atoms with van der Waals surface area (Å²) in [4.78, 5) is 14.0. The minimum atomic E-state index is 0. The van der Waals surface area contributed by atoms with Crippen molar-refractivity contribution in [1.29, 1.82) is 0 Å². The van der Waals surface area contributed by atoms with Crippen molar-refractivity contribution in [2.45, 2.75) is 31.3 Å². The molecule has 5 nitrogen and oxygen atoms in total. The van der Waals surface area contributed by atoms with Crippen molar-refractivity contribution in [3.63, 3.8) is 0 Å². The number of nitrogens with zero attached hydrogens (tertiary/aromatic N) is 3. The molecule has 2 fully saturated rings. The highest BCUT2D eigenvalue weighted by Gasteiger charge is 2.31. The van der Waals surface area contributed by atoms with E-state index in [9.17, 15) is 4.79 Å². The molecule has 2 atom stereocenters. The average molecular weight is 275 g/mol. The number of rotatable bonds is 1. The van der Waals surface area contributed by atoms with Crippen LogP contribution in [-0.4, -0.2) is 44.7 Å². The van der Waals surface area contributed by atoms with E-state index < -0.39 is 0 Å². The molecule has 2 unspecified atom stereocenters. The first-order chi connectivity index (χ1) is 7.83. The number of fused-ring (bicyclic) bond motifs is 2. The van der Waals surface area contributed by atoms with Crippen LogP contribution >= 0.6 is 24.1 Å². The topological polar surface area (TPSA) is 58.1 Å². The summed E-state index contributed by atoms with van der Waals surface area (Å²) in [6.07, 6.45) is 5.05. The fourth-order valence-electron chi connectivity index (χ4n) is 2.55. The zero-order valence-corrected chi connectivity index (χ0v) is 11.0. The maximum Gasteiger partial charge on any atom is 0.275 e. The van der Waals surface area contributed by atoms with Crippen LogP contribution in [0.15, 0.2) is 6.20 Å². The molecule has 2 saturated heterocycles. The van der Waals surface area contributed by atoms with E-state index >= 15 is 0 Å². The van der Waals surface area contributed by atoms with Crippen LogP contribution in [0.5, 0.6) is 0 Å². The smallest absolute Gasteiger partial charge is 0.275 e. The Kier molecular flexibility index (Phi) is 3.96. The molecule has 1 amide bonds. The van der Waals surface area contributed by atoms with Gasteiger partial charge in [0.2, 0.25) is 0 Å². The molecule has 0 saturated carbocycles. The molecule has 3 heterocycles. The molecule has 7 heteroatoms. The highest BCUT2D eigenvalue weighted by Crippen LogP contribution is 2.21. The third-order valence-electron chi connectivity index (χ3n) is 3.39. The molecule has 17 heavy (non-hydrogen) atoms. The second kappa shape index (κ2) is 5.29. The van der Waals surface area contributed by atoms with Gasteiger partial charge in [-0.15, -0.1) is 12.4 Å². The molecule has 0 aliphatic carbocycles. The third kappa shape index (κ3) is 2.59. The van der Waals surface area contributed by atoms with Gasteiger partial charge in [0, 0.05) is 25.2 Å². The highest BCUT2D eigenvalue weighted by molar-refractivity contribution is 6.99. The van der Waals surface area contributed by atoms with Gasteiger partial charge in [0.25, 0.3) is 5.91 Å². The molecule has 3 rings (SSSR count). The summed E-state index contributed by atoms with van der Waals surface area (Å²) in [6, 6.07) is 1.08. The lowest BCUT2D eigenvalue weighted by Crippen LogP contribution is -2.39. The number of nitrogens with one attached hydrogen (secondary N) is 1. The normalized spacial score (nSPS) is 27.4. The number of likely N-dealkylation sites (tertiary alicyclic amines) is 1. The number of carbonyl (C=O) groups is 1. The van der Waals surface area contributed by atoms with E-state index in [1.165, 1.54) is 12.8 Å². The summed E-state index contributed by atoms with van der Waals surface area (Å²) in [6.45, 7) is 1.65. The average Bonchev–Trinajstić information content (AvgIpc) is 2.87. The maximum absolute atomic E-state index is 12.1. The molecule has 2 aliphatic rings. The van der Waals surface area contributed by atoms with Gasteiger partial charge in [0.05, 0.1) is 17.9 Å². The van der Waals surface area contributed by atoms with E-state index in [4.69, 9.17) is 0 Å². The first-order valence-corrected chi connectivity index (χ1v) is 6.39. The molecule has 2 bridgehead atoms. The largest absolute Gasteiger partial charge is 0.336 e. The monoisotopic (exact) mass is 274 g/mol. The summed E-state index contributed by atoms with van der Waals surface area (Å²) in [5.41, 5.74) is 0.489. The fourth-order valence-corrected chi connectivity index (χ4v) is 2.96. The van der Waals surface area contributed by atoms with Crippen LogP contribution in [0.2, 0.25) is 0 Å². The van der Waals surface area contributed by atoms with E-state index in [0.717, 1.165) is 31.2 Å². The van der Waals surface area contributed by atoms with Crippen molar-refractivity contribution in [2.75, 3.05) is 13.1 Å². The Labute approximate surface area is 110 Å². The van der Waals surface area contributed by atoms with E-state index in [-0.39, 0.29) is 18.3 Å². The molecule has 1 aromatic rings. The number of hydrogen-bond acceptors (Lipinski definition) is 5. The van der Waals surface area contributed by atoms with Gasteiger partial charge in [-0.25, -0.2) is 0 Å². The predicted octanol–water partition coefficient (Wildman–Crippen LogP) is 0.926. The second-order valence-electron chi connectivity index (χ2n) is 4.47. The lowest BCUT2D eigenvalue weighted by atomic mass is 10.1. The third-order valence-corrected chi connectivity index (χ3v) is 3.87. The molecule has 1 aromatic heterocycles. The Morgan fingerprint density at radius 3 is 3.00 bits per heavy atom. The van der Waals surface area contributed by atoms with E-state index in [0.29, 0.717) is 17.8 Å². The first kappa shape index (κ1) is 12.7. The van der Waals surface area contributed by atoms with Crippen LogP contribution in [0.1, 0.15) is 29.8 Å². The summed E-state index contributed by atoms with van der Waals surface area (Å²) < 4.78 is 7.88. The van der Waals surface area contributed by atoms with Gasteiger partial charge in [-0.1, -0.05) is 0 Å². The Bertz CT molecular complexity index is 386. The van der Waals surface area contributed by atoms with Crippen molar-refractivity contribution >= 4 is 30.0 Å². The number of amides is 1. The molecule has 0 spiro atoms. The zero-order valence-electron chi connectivity index (χ0n) is 9.33. The summed E-state index contributed by atoms with van der Waals surface area (Å²) in [5.74, 6) is 0.0306. The van der Waals surface area contributed by atoms with Gasteiger partial charge in [0.1, 0.15) is 0 Å². The minimum Gasteiger partial charge on any atom is -0.336 e. The van der Waals surface area contributed by atoms with Crippen LogP contribution < -0.4 is 5.32 Å². The Balaban J connectivity index is 0.00000108. The van der Waals surface area contributed by atoms with Gasteiger partial charge >= 0.3 is 0 Å². The first-order valence-electron chi connectivity index (χ1n) is 5.66. The lowest BCUT2D eigenvalue weighted by Gasteiger charge is -2.23. The molecule has 0 radical (unpaired) electrons.